The zero-order valence-corrected chi connectivity index (χ0v) is 13.8. The van der Waals surface area contributed by atoms with Gasteiger partial charge in [-0.25, -0.2) is 0 Å². The summed E-state index contributed by atoms with van der Waals surface area (Å²) in [6, 6.07) is 5.55. The van der Waals surface area contributed by atoms with Crippen LogP contribution in [0.15, 0.2) is 22.6 Å². The molecule has 23 heavy (non-hydrogen) atoms. The predicted molar refractivity (Wildman–Crippen MR) is 85.6 cm³/mol. The Morgan fingerprint density at radius 1 is 1.04 bits per heavy atom. The quantitative estimate of drug-likeness (QED) is 0.828. The molecule has 0 amide bonds. The fraction of sp³-hybridized carbons (Fsp3) is 0.500. The third kappa shape index (κ3) is 3.62. The van der Waals surface area contributed by atoms with E-state index in [1.165, 1.54) is 0 Å². The molecule has 1 fully saturated rings. The number of nitrogens with zero attached hydrogens (tertiary/aromatic N) is 4. The van der Waals surface area contributed by atoms with Crippen LogP contribution in [0.25, 0.3) is 11.5 Å². The van der Waals surface area contributed by atoms with Crippen LogP contribution in [-0.2, 0) is 6.54 Å². The molecule has 124 valence electrons. The molecule has 0 unspecified atom stereocenters. The lowest BCUT2D eigenvalue weighted by Gasteiger charge is -2.31. The van der Waals surface area contributed by atoms with Crippen molar-refractivity contribution in [3.8, 4) is 23.0 Å². The second-order valence-electron chi connectivity index (χ2n) is 5.65. The van der Waals surface area contributed by atoms with Gasteiger partial charge in [-0.05, 0) is 25.2 Å². The Kier molecular flexibility index (Phi) is 4.78. The first kappa shape index (κ1) is 15.8. The molecule has 1 aliphatic heterocycles. The highest BCUT2D eigenvalue weighted by atomic mass is 16.5. The van der Waals surface area contributed by atoms with Crippen molar-refractivity contribution in [2.75, 3.05) is 47.4 Å². The largest absolute Gasteiger partial charge is 0.493 e. The molecule has 0 spiro atoms. The molecule has 1 aromatic heterocycles. The lowest BCUT2D eigenvalue weighted by atomic mass is 10.2. The highest BCUT2D eigenvalue weighted by Crippen LogP contribution is 2.31. The van der Waals surface area contributed by atoms with Crippen molar-refractivity contribution in [3.63, 3.8) is 0 Å². The Morgan fingerprint density at radius 3 is 2.48 bits per heavy atom. The lowest BCUT2D eigenvalue weighted by molar-refractivity contribution is 0.138. The number of hydrogen-bond donors (Lipinski definition) is 0. The van der Waals surface area contributed by atoms with Gasteiger partial charge in [0.15, 0.2) is 11.5 Å². The summed E-state index contributed by atoms with van der Waals surface area (Å²) in [7, 11) is 5.35. The van der Waals surface area contributed by atoms with Crippen molar-refractivity contribution < 1.29 is 13.9 Å². The maximum atomic E-state index is 5.80. The zero-order chi connectivity index (χ0) is 16.2. The van der Waals surface area contributed by atoms with Gasteiger partial charge in [-0.15, -0.1) is 10.2 Å². The van der Waals surface area contributed by atoms with Gasteiger partial charge in [0.05, 0.1) is 20.8 Å². The van der Waals surface area contributed by atoms with E-state index in [2.05, 4.69) is 27.0 Å². The van der Waals surface area contributed by atoms with Crippen LogP contribution in [0, 0.1) is 0 Å². The standard InChI is InChI=1S/C16H22N4O3/c1-19-6-8-20(9-7-19)11-15-17-18-16(23-15)12-4-5-13(21-2)14(10-12)22-3/h4-5,10H,6-9,11H2,1-3H3. The summed E-state index contributed by atoms with van der Waals surface area (Å²) in [4.78, 5) is 4.64. The molecule has 0 saturated carbocycles. The Bertz CT molecular complexity index is 651. The zero-order valence-electron chi connectivity index (χ0n) is 13.8. The van der Waals surface area contributed by atoms with Crippen molar-refractivity contribution in [1.29, 1.82) is 0 Å². The molecule has 1 aliphatic rings. The topological polar surface area (TPSA) is 63.9 Å². The van der Waals surface area contributed by atoms with Crippen molar-refractivity contribution in [2.24, 2.45) is 0 Å². The molecule has 3 rings (SSSR count). The Balaban J connectivity index is 1.71. The molecule has 7 nitrogen and oxygen atoms in total. The fourth-order valence-electron chi connectivity index (χ4n) is 2.60. The molecule has 2 heterocycles. The van der Waals surface area contributed by atoms with Crippen molar-refractivity contribution >= 4 is 0 Å². The van der Waals surface area contributed by atoms with Gasteiger partial charge in [0.25, 0.3) is 0 Å². The molecular weight excluding hydrogens is 296 g/mol. The van der Waals surface area contributed by atoms with Gasteiger partial charge < -0.3 is 18.8 Å². The summed E-state index contributed by atoms with van der Waals surface area (Å²) in [6.45, 7) is 4.86. The molecular formula is C16H22N4O3. The molecule has 7 heteroatoms. The van der Waals surface area contributed by atoms with Crippen LogP contribution in [0.1, 0.15) is 5.89 Å². The van der Waals surface area contributed by atoms with Gasteiger partial charge in [0.1, 0.15) is 0 Å². The minimum absolute atomic E-state index is 0.495. The minimum atomic E-state index is 0.495. The number of piperazine rings is 1. The van der Waals surface area contributed by atoms with Crippen LogP contribution in [0.3, 0.4) is 0 Å². The van der Waals surface area contributed by atoms with Crippen molar-refractivity contribution in [1.82, 2.24) is 20.0 Å². The lowest BCUT2D eigenvalue weighted by Crippen LogP contribution is -2.43. The van der Waals surface area contributed by atoms with E-state index < -0.39 is 0 Å². The maximum Gasteiger partial charge on any atom is 0.247 e. The number of ether oxygens (including phenoxy) is 2. The summed E-state index contributed by atoms with van der Waals surface area (Å²) in [6.07, 6.45) is 0. The van der Waals surface area contributed by atoms with E-state index in [-0.39, 0.29) is 0 Å². The summed E-state index contributed by atoms with van der Waals surface area (Å²) in [5.74, 6) is 2.45. The molecule has 0 bridgehead atoms. The predicted octanol–water partition coefficient (Wildman–Crippen LogP) is 1.50. The Hall–Kier alpha value is -2.12. The van der Waals surface area contributed by atoms with Crippen LogP contribution < -0.4 is 9.47 Å². The molecule has 0 N–H and O–H groups in total. The normalized spacial score (nSPS) is 16.5. The summed E-state index contributed by atoms with van der Waals surface area (Å²) in [5.41, 5.74) is 0.819. The molecule has 2 aromatic rings. The third-order valence-electron chi connectivity index (χ3n) is 4.05. The summed E-state index contributed by atoms with van der Waals surface area (Å²) in [5, 5.41) is 8.31. The van der Waals surface area contributed by atoms with E-state index in [4.69, 9.17) is 13.9 Å². The Labute approximate surface area is 135 Å². The fourth-order valence-corrected chi connectivity index (χ4v) is 2.60. The molecule has 1 aromatic carbocycles. The van der Waals surface area contributed by atoms with Gasteiger partial charge in [0, 0.05) is 31.7 Å². The van der Waals surface area contributed by atoms with E-state index >= 15 is 0 Å². The minimum Gasteiger partial charge on any atom is -0.493 e. The highest BCUT2D eigenvalue weighted by molar-refractivity contribution is 5.59. The number of aromatic nitrogens is 2. The van der Waals surface area contributed by atoms with Crippen LogP contribution in [0.2, 0.25) is 0 Å². The van der Waals surface area contributed by atoms with Crippen molar-refractivity contribution in [3.05, 3.63) is 24.1 Å². The van der Waals surface area contributed by atoms with Crippen LogP contribution in [0.4, 0.5) is 0 Å². The van der Waals surface area contributed by atoms with Crippen molar-refractivity contribution in [2.45, 2.75) is 6.54 Å². The van der Waals surface area contributed by atoms with E-state index in [0.717, 1.165) is 31.7 Å². The van der Waals surface area contributed by atoms with E-state index in [0.29, 0.717) is 29.8 Å². The smallest absolute Gasteiger partial charge is 0.247 e. The summed E-state index contributed by atoms with van der Waals surface area (Å²) < 4.78 is 16.3. The third-order valence-corrected chi connectivity index (χ3v) is 4.05. The van der Waals surface area contributed by atoms with Gasteiger partial charge in [-0.1, -0.05) is 0 Å². The second-order valence-corrected chi connectivity index (χ2v) is 5.65. The average molecular weight is 318 g/mol. The monoisotopic (exact) mass is 318 g/mol. The van der Waals surface area contributed by atoms with E-state index in [9.17, 15) is 0 Å². The first-order valence-electron chi connectivity index (χ1n) is 7.65. The van der Waals surface area contributed by atoms with Gasteiger partial charge in [-0.3, -0.25) is 4.90 Å². The molecule has 0 atom stereocenters. The van der Waals surface area contributed by atoms with Gasteiger partial charge >= 0.3 is 0 Å². The SMILES string of the molecule is COc1ccc(-c2nnc(CN3CCN(C)CC3)o2)cc1OC. The average Bonchev–Trinajstić information content (AvgIpc) is 3.05. The van der Waals surface area contributed by atoms with Crippen LogP contribution >= 0.6 is 0 Å². The number of benzene rings is 1. The molecule has 0 radical (unpaired) electrons. The first-order valence-corrected chi connectivity index (χ1v) is 7.65. The number of rotatable bonds is 5. The van der Waals surface area contributed by atoms with Crippen LogP contribution in [0.5, 0.6) is 11.5 Å². The maximum absolute atomic E-state index is 5.80. The first-order chi connectivity index (χ1) is 11.2. The number of likely N-dealkylation sites (N-methyl/N-ethyl adjacent to an activating group) is 1. The molecule has 1 saturated heterocycles. The number of methoxy groups -OCH3 is 2. The van der Waals surface area contributed by atoms with Crippen LogP contribution in [-0.4, -0.2) is 67.4 Å². The van der Waals surface area contributed by atoms with E-state index in [1.807, 2.05) is 18.2 Å². The van der Waals surface area contributed by atoms with Gasteiger partial charge in [0.2, 0.25) is 11.8 Å². The number of hydrogen-bond acceptors (Lipinski definition) is 7. The highest BCUT2D eigenvalue weighted by Gasteiger charge is 2.18. The molecule has 0 aliphatic carbocycles. The summed E-state index contributed by atoms with van der Waals surface area (Å²) >= 11 is 0. The second kappa shape index (κ2) is 6.97. The van der Waals surface area contributed by atoms with Gasteiger partial charge in [-0.2, -0.15) is 0 Å². The Morgan fingerprint density at radius 2 is 1.78 bits per heavy atom. The van der Waals surface area contributed by atoms with E-state index in [1.54, 1.807) is 14.2 Å².